The fourth-order valence-electron chi connectivity index (χ4n) is 2.98. The van der Waals surface area contributed by atoms with Gasteiger partial charge in [-0.3, -0.25) is 10.1 Å². The van der Waals surface area contributed by atoms with Crippen molar-refractivity contribution in [1.29, 1.82) is 0 Å². The number of hydrogen-bond donors (Lipinski definition) is 1. The van der Waals surface area contributed by atoms with E-state index in [9.17, 15) is 36.5 Å². The lowest BCUT2D eigenvalue weighted by Gasteiger charge is -2.21. The van der Waals surface area contributed by atoms with Crippen molar-refractivity contribution in [3.05, 3.63) is 32.9 Å². The largest absolute Gasteiger partial charge is 0.472 e. The number of nitro groups is 1. The van der Waals surface area contributed by atoms with Crippen molar-refractivity contribution in [2.75, 3.05) is 25.1 Å². The Morgan fingerprint density at radius 1 is 1.31 bits per heavy atom. The number of aryl methyl sites for hydroxylation is 1. The van der Waals surface area contributed by atoms with Crippen LogP contribution in [-0.4, -0.2) is 50.5 Å². The molecule has 176 valence electrons. The van der Waals surface area contributed by atoms with Crippen LogP contribution in [0.4, 0.5) is 37.8 Å². The summed E-state index contributed by atoms with van der Waals surface area (Å²) in [7, 11) is 1.02. The molecule has 0 radical (unpaired) electrons. The minimum Gasteiger partial charge on any atom is -0.472 e. The third-order valence-corrected chi connectivity index (χ3v) is 4.62. The van der Waals surface area contributed by atoms with Crippen molar-refractivity contribution in [1.82, 2.24) is 19.7 Å². The van der Waals surface area contributed by atoms with E-state index in [2.05, 4.69) is 20.4 Å². The monoisotopic (exact) mass is 490 g/mol. The molecule has 32 heavy (non-hydrogen) atoms. The Labute approximate surface area is 179 Å². The van der Waals surface area contributed by atoms with Gasteiger partial charge < -0.3 is 14.8 Å². The second-order valence-corrected chi connectivity index (χ2v) is 6.98. The summed E-state index contributed by atoms with van der Waals surface area (Å²) >= 11 is 5.58. The first-order valence-electron chi connectivity index (χ1n) is 8.64. The summed E-state index contributed by atoms with van der Waals surface area (Å²) < 4.78 is 89.7. The molecule has 0 aromatic carbocycles. The second kappa shape index (κ2) is 8.57. The van der Waals surface area contributed by atoms with Gasteiger partial charge in [0.2, 0.25) is 11.0 Å². The minimum atomic E-state index is -5.09. The van der Waals surface area contributed by atoms with Crippen molar-refractivity contribution in [3.8, 4) is 5.88 Å². The number of ether oxygens (including phenoxy) is 2. The van der Waals surface area contributed by atoms with E-state index < -0.39 is 69.8 Å². The molecule has 3 rings (SSSR count). The zero-order valence-electron chi connectivity index (χ0n) is 15.9. The maximum atomic E-state index is 13.2. The van der Waals surface area contributed by atoms with Crippen LogP contribution >= 0.6 is 11.6 Å². The van der Waals surface area contributed by atoms with E-state index in [0.29, 0.717) is 10.9 Å². The number of nitrogens with zero attached hydrogens (tertiary/aromatic N) is 5. The maximum absolute atomic E-state index is 13.2. The minimum absolute atomic E-state index is 0.0460. The number of alkyl halides is 6. The van der Waals surface area contributed by atoms with Gasteiger partial charge in [-0.05, 0) is 11.6 Å². The normalized spacial score (nSPS) is 19.2. The molecule has 0 unspecified atom stereocenters. The summed E-state index contributed by atoms with van der Waals surface area (Å²) in [5.41, 5.74) is -4.29. The maximum Gasteiger partial charge on any atom is 0.442 e. The van der Waals surface area contributed by atoms with Gasteiger partial charge in [-0.15, -0.1) is 0 Å². The van der Waals surface area contributed by atoms with Crippen LogP contribution in [0.2, 0.25) is 5.28 Å². The van der Waals surface area contributed by atoms with Crippen LogP contribution in [0.15, 0.2) is 6.20 Å². The predicted octanol–water partition coefficient (Wildman–Crippen LogP) is 3.32. The van der Waals surface area contributed by atoms with Crippen LogP contribution in [0.1, 0.15) is 11.3 Å². The molecule has 2 aromatic heterocycles. The molecule has 17 heteroatoms. The number of aromatic nitrogens is 4. The van der Waals surface area contributed by atoms with Crippen LogP contribution in [-0.2, 0) is 24.1 Å². The summed E-state index contributed by atoms with van der Waals surface area (Å²) in [6.07, 6.45) is -9.39. The van der Waals surface area contributed by atoms with Crippen molar-refractivity contribution >= 4 is 23.1 Å². The molecule has 2 atom stereocenters. The van der Waals surface area contributed by atoms with E-state index in [1.54, 1.807) is 0 Å². The Kier molecular flexibility index (Phi) is 6.37. The van der Waals surface area contributed by atoms with Gasteiger partial charge in [0.1, 0.15) is 11.4 Å². The fourth-order valence-corrected chi connectivity index (χ4v) is 3.11. The highest BCUT2D eigenvalue weighted by atomic mass is 35.5. The topological polar surface area (TPSA) is 117 Å². The van der Waals surface area contributed by atoms with E-state index in [0.717, 1.165) is 7.05 Å². The summed E-state index contributed by atoms with van der Waals surface area (Å²) in [6.45, 7) is -0.556. The third-order valence-electron chi connectivity index (χ3n) is 4.44. The van der Waals surface area contributed by atoms with Gasteiger partial charge in [0.15, 0.2) is 0 Å². The Bertz CT molecular complexity index is 1010. The Morgan fingerprint density at radius 3 is 2.59 bits per heavy atom. The molecule has 2 aromatic rings. The van der Waals surface area contributed by atoms with Crippen LogP contribution in [0, 0.1) is 16.0 Å². The van der Waals surface area contributed by atoms with E-state index in [1.807, 2.05) is 0 Å². The lowest BCUT2D eigenvalue weighted by Crippen LogP contribution is -2.33. The highest BCUT2D eigenvalue weighted by Crippen LogP contribution is 2.41. The molecular formula is C15H13ClF6N6O4. The molecule has 3 heterocycles. The molecule has 1 aliphatic rings. The molecule has 1 fully saturated rings. The van der Waals surface area contributed by atoms with Crippen molar-refractivity contribution in [3.63, 3.8) is 0 Å². The number of halogens is 7. The first-order valence-corrected chi connectivity index (χ1v) is 9.02. The fraction of sp³-hybridized carbons (Fsp3) is 0.533. The average Bonchev–Trinajstić information content (AvgIpc) is 3.22. The summed E-state index contributed by atoms with van der Waals surface area (Å²) in [5, 5.41) is 16.4. The summed E-state index contributed by atoms with van der Waals surface area (Å²) in [4.78, 5) is 16.7. The molecule has 1 saturated heterocycles. The molecule has 0 bridgehead atoms. The molecule has 1 N–H and O–H groups in total. The van der Waals surface area contributed by atoms with E-state index in [1.165, 1.54) is 0 Å². The summed E-state index contributed by atoms with van der Waals surface area (Å²) in [6, 6.07) is -0.823. The van der Waals surface area contributed by atoms with Crippen molar-refractivity contribution < 1.29 is 40.7 Å². The smallest absolute Gasteiger partial charge is 0.442 e. The number of anilines is 1. The first kappa shape index (κ1) is 23.8. The standard InChI is InChI=1S/C15H13ClF6N6O4/c1-27-12(9(28(29)30)10(26-27)15(20,21)22)32-4-6-3-31-5-8(6)24-11-7(14(17,18)19)2-23-13(16)25-11/h2,6,8H,3-5H2,1H3,(H,23,24,25)/t6-,8+/m0/s1. The van der Waals surface area contributed by atoms with E-state index in [-0.39, 0.29) is 13.2 Å². The predicted molar refractivity (Wildman–Crippen MR) is 94.1 cm³/mol. The highest BCUT2D eigenvalue weighted by Gasteiger charge is 2.46. The first-order chi connectivity index (χ1) is 14.8. The van der Waals surface area contributed by atoms with Crippen molar-refractivity contribution in [2.24, 2.45) is 13.0 Å². The van der Waals surface area contributed by atoms with Gasteiger partial charge in [-0.25, -0.2) is 14.6 Å². The molecule has 0 amide bonds. The molecule has 1 aliphatic heterocycles. The number of nitrogens with one attached hydrogen (secondary N) is 1. The lowest BCUT2D eigenvalue weighted by molar-refractivity contribution is -0.389. The lowest BCUT2D eigenvalue weighted by atomic mass is 10.0. The van der Waals surface area contributed by atoms with Gasteiger partial charge in [0, 0.05) is 19.2 Å². The van der Waals surface area contributed by atoms with Crippen LogP contribution < -0.4 is 10.1 Å². The van der Waals surface area contributed by atoms with Crippen molar-refractivity contribution in [2.45, 2.75) is 18.4 Å². The molecule has 10 nitrogen and oxygen atoms in total. The SMILES string of the molecule is Cn1nc(C(F)(F)F)c([N+](=O)[O-])c1OC[C@@H]1COC[C@H]1Nc1nc(Cl)ncc1C(F)(F)F. The van der Waals surface area contributed by atoms with Crippen LogP contribution in [0.3, 0.4) is 0 Å². The number of hydrogen-bond acceptors (Lipinski definition) is 8. The van der Waals surface area contributed by atoms with Gasteiger partial charge in [-0.2, -0.15) is 31.4 Å². The van der Waals surface area contributed by atoms with Gasteiger partial charge in [0.05, 0.1) is 30.8 Å². The second-order valence-electron chi connectivity index (χ2n) is 6.64. The molecular weight excluding hydrogens is 478 g/mol. The molecule has 0 saturated carbocycles. The average molecular weight is 491 g/mol. The molecule has 0 aliphatic carbocycles. The quantitative estimate of drug-likeness (QED) is 0.284. The Hall–Kier alpha value is -2.88. The molecule has 0 spiro atoms. The zero-order valence-corrected chi connectivity index (χ0v) is 16.6. The van der Waals surface area contributed by atoms with Crippen LogP contribution in [0.5, 0.6) is 5.88 Å². The van der Waals surface area contributed by atoms with Gasteiger partial charge >= 0.3 is 18.0 Å². The Balaban J connectivity index is 1.80. The van der Waals surface area contributed by atoms with Gasteiger partial charge in [0.25, 0.3) is 5.88 Å². The summed E-state index contributed by atoms with van der Waals surface area (Å²) in [5.74, 6) is -2.08. The van der Waals surface area contributed by atoms with Gasteiger partial charge in [-0.1, -0.05) is 0 Å². The van der Waals surface area contributed by atoms with Crippen LogP contribution in [0.25, 0.3) is 0 Å². The highest BCUT2D eigenvalue weighted by molar-refractivity contribution is 6.28. The Morgan fingerprint density at radius 2 is 2.00 bits per heavy atom. The third kappa shape index (κ3) is 4.95. The van der Waals surface area contributed by atoms with E-state index >= 15 is 0 Å². The zero-order chi connectivity index (χ0) is 23.8. The number of rotatable bonds is 6. The van der Waals surface area contributed by atoms with E-state index in [4.69, 9.17) is 21.1 Å².